The van der Waals surface area contributed by atoms with Crippen molar-refractivity contribution in [3.8, 4) is 0 Å². The minimum absolute atomic E-state index is 0.0481. The van der Waals surface area contributed by atoms with Crippen LogP contribution in [-0.2, 0) is 14.2 Å². The van der Waals surface area contributed by atoms with Crippen LogP contribution in [0.3, 0.4) is 0 Å². The second-order valence-corrected chi connectivity index (χ2v) is 8.39. The summed E-state index contributed by atoms with van der Waals surface area (Å²) in [5, 5.41) is 0. The first kappa shape index (κ1) is 18.2. The van der Waals surface area contributed by atoms with Gasteiger partial charge in [-0.25, -0.2) is 0 Å². The van der Waals surface area contributed by atoms with Crippen LogP contribution in [0.1, 0.15) is 53.4 Å². The molecular weight excluding hydrogens is 278 g/mol. The van der Waals surface area contributed by atoms with E-state index in [0.29, 0.717) is 17.6 Å². The molecule has 130 valence electrons. The van der Waals surface area contributed by atoms with E-state index in [-0.39, 0.29) is 5.60 Å². The summed E-state index contributed by atoms with van der Waals surface area (Å²) in [5.41, 5.74) is 0.318. The third-order valence-corrected chi connectivity index (χ3v) is 5.14. The molecular formula is C18H35NO3. The van der Waals surface area contributed by atoms with E-state index < -0.39 is 0 Å². The fourth-order valence-electron chi connectivity index (χ4n) is 3.20. The first-order valence-corrected chi connectivity index (χ1v) is 8.80. The number of hydrogen-bond donors (Lipinski definition) is 0. The van der Waals surface area contributed by atoms with Crippen molar-refractivity contribution in [2.75, 3.05) is 40.0 Å². The summed E-state index contributed by atoms with van der Waals surface area (Å²) in [6, 6.07) is 0. The minimum atomic E-state index is -0.0481. The Bertz CT molecular complexity index is 331. The summed E-state index contributed by atoms with van der Waals surface area (Å²) in [7, 11) is 1.81. The number of hydrogen-bond acceptors (Lipinski definition) is 4. The van der Waals surface area contributed by atoms with Crippen molar-refractivity contribution in [2.45, 2.75) is 71.2 Å². The zero-order chi connectivity index (χ0) is 16.2. The lowest BCUT2D eigenvalue weighted by atomic mass is 9.81. The van der Waals surface area contributed by atoms with E-state index in [4.69, 9.17) is 14.2 Å². The lowest BCUT2D eigenvalue weighted by Crippen LogP contribution is -2.52. The molecule has 1 unspecified atom stereocenters. The van der Waals surface area contributed by atoms with Gasteiger partial charge in [0.2, 0.25) is 0 Å². The normalized spacial score (nSPS) is 24.7. The Morgan fingerprint density at radius 2 is 1.77 bits per heavy atom. The van der Waals surface area contributed by atoms with E-state index in [1.165, 1.54) is 19.4 Å². The van der Waals surface area contributed by atoms with Crippen LogP contribution in [-0.4, -0.2) is 62.7 Å². The van der Waals surface area contributed by atoms with Crippen molar-refractivity contribution in [3.05, 3.63) is 0 Å². The van der Waals surface area contributed by atoms with Crippen LogP contribution in [0.15, 0.2) is 0 Å². The van der Waals surface area contributed by atoms with E-state index in [9.17, 15) is 0 Å². The van der Waals surface area contributed by atoms with Crippen LogP contribution in [0, 0.1) is 5.41 Å². The van der Waals surface area contributed by atoms with Crippen LogP contribution in [0.4, 0.5) is 0 Å². The first-order chi connectivity index (χ1) is 10.3. The summed E-state index contributed by atoms with van der Waals surface area (Å²) in [6.45, 7) is 14.2. The number of ether oxygens (including phenoxy) is 3. The monoisotopic (exact) mass is 313 g/mol. The molecule has 2 rings (SSSR count). The summed E-state index contributed by atoms with van der Waals surface area (Å²) in [6.07, 6.45) is 5.36. The molecule has 4 nitrogen and oxygen atoms in total. The molecule has 0 aliphatic carbocycles. The molecule has 2 aliphatic heterocycles. The van der Waals surface area contributed by atoms with Gasteiger partial charge < -0.3 is 14.2 Å². The third-order valence-electron chi connectivity index (χ3n) is 5.14. The Hall–Kier alpha value is -0.160. The highest BCUT2D eigenvalue weighted by Gasteiger charge is 2.31. The molecule has 0 aromatic heterocycles. The van der Waals surface area contributed by atoms with Gasteiger partial charge in [-0.05, 0) is 51.5 Å². The van der Waals surface area contributed by atoms with Crippen LogP contribution in [0.2, 0.25) is 0 Å². The number of nitrogens with zero attached hydrogens (tertiary/aromatic N) is 1. The molecule has 0 bridgehead atoms. The molecule has 0 aromatic carbocycles. The van der Waals surface area contributed by atoms with Crippen molar-refractivity contribution in [3.63, 3.8) is 0 Å². The fourth-order valence-corrected chi connectivity index (χ4v) is 3.20. The molecule has 2 saturated heterocycles. The fraction of sp³-hybridized carbons (Fsp3) is 1.00. The van der Waals surface area contributed by atoms with Gasteiger partial charge in [-0.2, -0.15) is 0 Å². The molecule has 2 heterocycles. The first-order valence-electron chi connectivity index (χ1n) is 8.80. The van der Waals surface area contributed by atoms with Crippen LogP contribution >= 0.6 is 0 Å². The molecule has 0 radical (unpaired) electrons. The number of likely N-dealkylation sites (tertiary alicyclic amines) is 1. The predicted molar refractivity (Wildman–Crippen MR) is 89.3 cm³/mol. The quantitative estimate of drug-likeness (QED) is 0.654. The van der Waals surface area contributed by atoms with Gasteiger partial charge in [-0.15, -0.1) is 0 Å². The maximum absolute atomic E-state index is 6.23. The average molecular weight is 313 g/mol. The topological polar surface area (TPSA) is 30.9 Å². The molecule has 0 saturated carbocycles. The largest absolute Gasteiger partial charge is 0.379 e. The summed E-state index contributed by atoms with van der Waals surface area (Å²) < 4.78 is 17.0. The predicted octanol–water partition coefficient (Wildman–Crippen LogP) is 3.10. The van der Waals surface area contributed by atoms with Gasteiger partial charge in [0.1, 0.15) is 0 Å². The molecule has 0 aromatic rings. The average Bonchev–Trinajstić information content (AvgIpc) is 2.87. The SMILES string of the molecule is COC1CN(CCC(C)(C)CCC(C)(C)OC2CCOC2)C1. The maximum Gasteiger partial charge on any atom is 0.0837 e. The smallest absolute Gasteiger partial charge is 0.0837 e. The van der Waals surface area contributed by atoms with E-state index >= 15 is 0 Å². The van der Waals surface area contributed by atoms with Crippen molar-refractivity contribution >= 4 is 0 Å². The summed E-state index contributed by atoms with van der Waals surface area (Å²) in [4.78, 5) is 2.49. The molecule has 2 aliphatic rings. The van der Waals surface area contributed by atoms with Gasteiger partial charge in [-0.3, -0.25) is 4.90 Å². The van der Waals surface area contributed by atoms with E-state index in [1.807, 2.05) is 7.11 Å². The standard InChI is InChI=1S/C18H35NO3/c1-17(2,9-10-19-12-16(13-19)20-5)7-8-18(3,4)22-15-6-11-21-14-15/h15-16H,6-14H2,1-5H3. The van der Waals surface area contributed by atoms with Crippen LogP contribution in [0.25, 0.3) is 0 Å². The van der Waals surface area contributed by atoms with Gasteiger partial charge in [-0.1, -0.05) is 13.8 Å². The Balaban J connectivity index is 1.64. The highest BCUT2D eigenvalue weighted by molar-refractivity contribution is 4.83. The lowest BCUT2D eigenvalue weighted by molar-refractivity contribution is -0.0819. The van der Waals surface area contributed by atoms with Crippen molar-refractivity contribution in [1.29, 1.82) is 0 Å². The van der Waals surface area contributed by atoms with Crippen LogP contribution in [0.5, 0.6) is 0 Å². The van der Waals surface area contributed by atoms with Gasteiger partial charge in [0, 0.05) is 26.8 Å². The molecule has 0 spiro atoms. The van der Waals surface area contributed by atoms with Gasteiger partial charge in [0.25, 0.3) is 0 Å². The molecule has 22 heavy (non-hydrogen) atoms. The van der Waals surface area contributed by atoms with Gasteiger partial charge in [0.15, 0.2) is 0 Å². The zero-order valence-corrected chi connectivity index (χ0v) is 15.2. The number of rotatable bonds is 9. The maximum atomic E-state index is 6.23. The number of methoxy groups -OCH3 is 1. The Kier molecular flexibility index (Phi) is 6.29. The molecule has 0 amide bonds. The Labute approximate surface area is 136 Å². The van der Waals surface area contributed by atoms with Crippen molar-refractivity contribution in [1.82, 2.24) is 4.90 Å². The second kappa shape index (κ2) is 7.61. The molecule has 0 N–H and O–H groups in total. The second-order valence-electron chi connectivity index (χ2n) is 8.39. The Morgan fingerprint density at radius 1 is 1.05 bits per heavy atom. The summed E-state index contributed by atoms with van der Waals surface area (Å²) >= 11 is 0. The highest BCUT2D eigenvalue weighted by atomic mass is 16.6. The summed E-state index contributed by atoms with van der Waals surface area (Å²) in [5.74, 6) is 0. The Morgan fingerprint density at radius 3 is 2.36 bits per heavy atom. The molecule has 4 heteroatoms. The highest BCUT2D eigenvalue weighted by Crippen LogP contribution is 2.33. The third kappa shape index (κ3) is 5.80. The van der Waals surface area contributed by atoms with Crippen molar-refractivity contribution < 1.29 is 14.2 Å². The van der Waals surface area contributed by atoms with Gasteiger partial charge in [0.05, 0.1) is 24.4 Å². The lowest BCUT2D eigenvalue weighted by Gasteiger charge is -2.40. The van der Waals surface area contributed by atoms with Crippen molar-refractivity contribution in [2.24, 2.45) is 5.41 Å². The van der Waals surface area contributed by atoms with Gasteiger partial charge >= 0.3 is 0 Å². The molecule has 2 fully saturated rings. The minimum Gasteiger partial charge on any atom is -0.379 e. The van der Waals surface area contributed by atoms with E-state index in [1.54, 1.807) is 0 Å². The van der Waals surface area contributed by atoms with Crippen LogP contribution < -0.4 is 0 Å². The van der Waals surface area contributed by atoms with E-state index in [0.717, 1.165) is 39.1 Å². The zero-order valence-electron chi connectivity index (χ0n) is 15.2. The molecule has 1 atom stereocenters. The van der Waals surface area contributed by atoms with E-state index in [2.05, 4.69) is 32.6 Å².